The number of amides is 1. The number of rotatable bonds is 12. The van der Waals surface area contributed by atoms with E-state index in [9.17, 15) is 9.59 Å². The Morgan fingerprint density at radius 3 is 2.00 bits per heavy atom. The molecule has 0 unspecified atom stereocenters. The summed E-state index contributed by atoms with van der Waals surface area (Å²) in [6, 6.07) is 14.6. The van der Waals surface area contributed by atoms with Crippen molar-refractivity contribution in [2.75, 3.05) is 31.6 Å². The summed E-state index contributed by atoms with van der Waals surface area (Å²) in [4.78, 5) is 22.7. The normalized spacial score (nSPS) is 10.4. The monoisotopic (exact) mass is 436 g/mol. The molecule has 168 valence electrons. The van der Waals surface area contributed by atoms with Crippen molar-refractivity contribution >= 4 is 28.9 Å². The van der Waals surface area contributed by atoms with Crippen LogP contribution in [0.5, 0.6) is 5.75 Å². The Kier molecular flexibility index (Phi) is 9.65. The summed E-state index contributed by atoms with van der Waals surface area (Å²) in [7, 11) is 0. The van der Waals surface area contributed by atoms with E-state index < -0.39 is 5.97 Å². The average molecular weight is 437 g/mol. The zero-order valence-electron chi connectivity index (χ0n) is 18.4. The Hall–Kier alpha value is -3.94. The maximum absolute atomic E-state index is 11.4. The number of esters is 1. The van der Waals surface area contributed by atoms with Crippen LogP contribution in [0.1, 0.15) is 13.8 Å². The first-order chi connectivity index (χ1) is 15.3. The Morgan fingerprint density at radius 2 is 1.44 bits per heavy atom. The number of nitrogens with zero attached hydrogens (tertiary/aromatic N) is 2. The van der Waals surface area contributed by atoms with Crippen molar-refractivity contribution in [3.63, 3.8) is 0 Å². The SMILES string of the molecule is C=C(C)C(=O)NCCNc1ccc(N=Nc2ccc(OCCOC(=O)C(=C)C)cc2)cc1. The second kappa shape index (κ2) is 12.7. The fraction of sp³-hybridized carbons (Fsp3) is 0.250. The van der Waals surface area contributed by atoms with Crippen LogP contribution < -0.4 is 15.4 Å². The number of nitrogens with one attached hydrogen (secondary N) is 2. The highest BCUT2D eigenvalue weighted by Crippen LogP contribution is 2.22. The van der Waals surface area contributed by atoms with Gasteiger partial charge in [0.15, 0.2) is 0 Å². The topological polar surface area (TPSA) is 101 Å². The van der Waals surface area contributed by atoms with Crippen LogP contribution in [0, 0.1) is 0 Å². The van der Waals surface area contributed by atoms with Crippen LogP contribution in [0.2, 0.25) is 0 Å². The number of anilines is 1. The van der Waals surface area contributed by atoms with Crippen LogP contribution in [-0.2, 0) is 14.3 Å². The number of benzene rings is 2. The van der Waals surface area contributed by atoms with Crippen LogP contribution in [-0.4, -0.2) is 38.2 Å². The lowest BCUT2D eigenvalue weighted by Crippen LogP contribution is -2.28. The van der Waals surface area contributed by atoms with E-state index in [1.807, 2.05) is 24.3 Å². The summed E-state index contributed by atoms with van der Waals surface area (Å²) >= 11 is 0. The van der Waals surface area contributed by atoms with E-state index in [4.69, 9.17) is 9.47 Å². The van der Waals surface area contributed by atoms with Crippen LogP contribution in [0.4, 0.5) is 17.1 Å². The molecule has 0 aliphatic rings. The highest BCUT2D eigenvalue weighted by molar-refractivity contribution is 5.92. The van der Waals surface area contributed by atoms with Gasteiger partial charge in [0.25, 0.3) is 0 Å². The van der Waals surface area contributed by atoms with E-state index in [0.717, 1.165) is 5.69 Å². The largest absolute Gasteiger partial charge is 0.490 e. The Bertz CT molecular complexity index is 887. The van der Waals surface area contributed by atoms with Gasteiger partial charge < -0.3 is 20.1 Å². The molecule has 0 atom stereocenters. The van der Waals surface area contributed by atoms with Gasteiger partial charge in [-0.25, -0.2) is 4.79 Å². The van der Waals surface area contributed by atoms with Gasteiger partial charge in [-0.05, 0) is 62.4 Å². The highest BCUT2D eigenvalue weighted by atomic mass is 16.6. The summed E-state index contributed by atoms with van der Waals surface area (Å²) in [6.45, 7) is 11.9. The summed E-state index contributed by atoms with van der Waals surface area (Å²) in [5, 5.41) is 14.4. The van der Waals surface area contributed by atoms with Crippen molar-refractivity contribution in [3.8, 4) is 5.75 Å². The van der Waals surface area contributed by atoms with Crippen LogP contribution in [0.25, 0.3) is 0 Å². The van der Waals surface area contributed by atoms with Crippen molar-refractivity contribution in [2.45, 2.75) is 13.8 Å². The third-order valence-electron chi connectivity index (χ3n) is 4.05. The predicted molar refractivity (Wildman–Crippen MR) is 125 cm³/mol. The standard InChI is InChI=1S/C24H28N4O4/c1-17(2)23(29)26-14-13-25-19-5-7-20(8-6-19)27-28-21-9-11-22(12-10-21)31-15-16-32-24(30)18(3)4/h5-12,25H,1,3,13-16H2,2,4H3,(H,26,29). The Morgan fingerprint density at radius 1 is 0.844 bits per heavy atom. The average Bonchev–Trinajstić information content (AvgIpc) is 2.79. The van der Waals surface area contributed by atoms with E-state index in [0.29, 0.717) is 41.4 Å². The van der Waals surface area contributed by atoms with Crippen molar-refractivity contribution in [1.82, 2.24) is 5.32 Å². The van der Waals surface area contributed by atoms with E-state index in [-0.39, 0.29) is 19.1 Å². The third-order valence-corrected chi connectivity index (χ3v) is 4.05. The molecule has 2 N–H and O–H groups in total. The van der Waals surface area contributed by atoms with Gasteiger partial charge >= 0.3 is 5.97 Å². The Balaban J connectivity index is 1.74. The van der Waals surface area contributed by atoms with Crippen molar-refractivity contribution in [3.05, 3.63) is 72.8 Å². The number of hydrogen-bond donors (Lipinski definition) is 2. The van der Waals surface area contributed by atoms with E-state index in [1.165, 1.54) is 0 Å². The molecule has 0 aliphatic heterocycles. The van der Waals surface area contributed by atoms with Gasteiger partial charge in [-0.3, -0.25) is 4.79 Å². The number of hydrogen-bond acceptors (Lipinski definition) is 7. The number of ether oxygens (including phenoxy) is 2. The smallest absolute Gasteiger partial charge is 0.333 e. The van der Waals surface area contributed by atoms with Gasteiger partial charge in [0, 0.05) is 29.9 Å². The summed E-state index contributed by atoms with van der Waals surface area (Å²) < 4.78 is 10.5. The zero-order chi connectivity index (χ0) is 23.3. The van der Waals surface area contributed by atoms with Gasteiger partial charge in [0.2, 0.25) is 5.91 Å². The number of carbonyl (C=O) groups is 2. The fourth-order valence-electron chi connectivity index (χ4n) is 2.32. The molecule has 32 heavy (non-hydrogen) atoms. The lowest BCUT2D eigenvalue weighted by Gasteiger charge is -2.08. The molecular formula is C24H28N4O4. The molecule has 2 aromatic carbocycles. The third kappa shape index (κ3) is 8.83. The van der Waals surface area contributed by atoms with Crippen LogP contribution >= 0.6 is 0 Å². The molecule has 0 bridgehead atoms. The fourth-order valence-corrected chi connectivity index (χ4v) is 2.32. The van der Waals surface area contributed by atoms with Gasteiger partial charge in [-0.15, -0.1) is 0 Å². The summed E-state index contributed by atoms with van der Waals surface area (Å²) in [6.07, 6.45) is 0. The quantitative estimate of drug-likeness (QED) is 0.217. The number of azo groups is 1. The molecule has 2 aromatic rings. The van der Waals surface area contributed by atoms with Gasteiger partial charge in [-0.1, -0.05) is 13.2 Å². The number of carbonyl (C=O) groups excluding carboxylic acids is 2. The maximum atomic E-state index is 11.4. The lowest BCUT2D eigenvalue weighted by molar-refractivity contribution is -0.139. The van der Waals surface area contributed by atoms with Crippen molar-refractivity contribution in [2.24, 2.45) is 10.2 Å². The van der Waals surface area contributed by atoms with Crippen molar-refractivity contribution in [1.29, 1.82) is 0 Å². The minimum atomic E-state index is -0.430. The zero-order valence-corrected chi connectivity index (χ0v) is 18.4. The molecule has 0 aliphatic carbocycles. The summed E-state index contributed by atoms with van der Waals surface area (Å²) in [5.74, 6) is 0.0664. The van der Waals surface area contributed by atoms with E-state index in [2.05, 4.69) is 34.0 Å². The second-order valence-electron chi connectivity index (χ2n) is 6.97. The second-order valence-corrected chi connectivity index (χ2v) is 6.97. The van der Waals surface area contributed by atoms with Gasteiger partial charge in [-0.2, -0.15) is 10.2 Å². The lowest BCUT2D eigenvalue weighted by atomic mass is 10.3. The molecule has 8 heteroatoms. The minimum Gasteiger partial charge on any atom is -0.490 e. The molecule has 0 saturated carbocycles. The molecule has 0 spiro atoms. The first-order valence-electron chi connectivity index (χ1n) is 10.1. The molecule has 0 radical (unpaired) electrons. The van der Waals surface area contributed by atoms with Gasteiger partial charge in [0.05, 0.1) is 11.4 Å². The van der Waals surface area contributed by atoms with E-state index in [1.54, 1.807) is 38.1 Å². The first kappa shape index (κ1) is 24.3. The summed E-state index contributed by atoms with van der Waals surface area (Å²) in [5.41, 5.74) is 3.16. The highest BCUT2D eigenvalue weighted by Gasteiger charge is 2.03. The molecule has 0 fully saturated rings. The van der Waals surface area contributed by atoms with E-state index >= 15 is 0 Å². The molecule has 0 heterocycles. The molecule has 2 rings (SSSR count). The molecule has 0 aromatic heterocycles. The molecule has 1 amide bonds. The predicted octanol–water partition coefficient (Wildman–Crippen LogP) is 4.70. The minimum absolute atomic E-state index is 0.147. The first-order valence-corrected chi connectivity index (χ1v) is 10.1. The van der Waals surface area contributed by atoms with Gasteiger partial charge in [0.1, 0.15) is 19.0 Å². The van der Waals surface area contributed by atoms with Crippen molar-refractivity contribution < 1.29 is 19.1 Å². The maximum Gasteiger partial charge on any atom is 0.333 e. The molecule has 8 nitrogen and oxygen atoms in total. The molecule has 0 saturated heterocycles. The molecular weight excluding hydrogens is 408 g/mol. The van der Waals surface area contributed by atoms with Crippen LogP contribution in [0.15, 0.2) is 83.1 Å². The van der Waals surface area contributed by atoms with Crippen LogP contribution in [0.3, 0.4) is 0 Å². The Labute approximate surface area is 188 Å².